The summed E-state index contributed by atoms with van der Waals surface area (Å²) in [6.07, 6.45) is 1.61. The molecule has 0 radical (unpaired) electrons. The Kier molecular flexibility index (Phi) is 8.55. The van der Waals surface area contributed by atoms with Gasteiger partial charge in [0.05, 0.1) is 4.70 Å². The number of rotatable bonds is 8. The van der Waals surface area contributed by atoms with E-state index in [0.29, 0.717) is 22.8 Å². The Hall–Kier alpha value is -2.80. The number of aromatic nitrogens is 1. The molecule has 0 fully saturated rings. The van der Waals surface area contributed by atoms with Crippen molar-refractivity contribution < 1.29 is 9.18 Å². The van der Waals surface area contributed by atoms with Crippen LogP contribution >= 0.6 is 23.7 Å². The molecule has 0 aliphatic rings. The molecular formula is C26H27ClFN3OS. The van der Waals surface area contributed by atoms with E-state index in [1.54, 1.807) is 11.0 Å². The highest BCUT2D eigenvalue weighted by Crippen LogP contribution is 2.31. The third-order valence-electron chi connectivity index (χ3n) is 5.27. The Morgan fingerprint density at radius 3 is 2.27 bits per heavy atom. The van der Waals surface area contributed by atoms with Crippen LogP contribution in [0.5, 0.6) is 0 Å². The average Bonchev–Trinajstić information content (AvgIpc) is 3.23. The van der Waals surface area contributed by atoms with Gasteiger partial charge in [-0.05, 0) is 68.9 Å². The van der Waals surface area contributed by atoms with Gasteiger partial charge in [0, 0.05) is 12.1 Å². The van der Waals surface area contributed by atoms with Gasteiger partial charge in [0.25, 0.3) is 5.91 Å². The minimum atomic E-state index is -0.365. The number of halogens is 2. The van der Waals surface area contributed by atoms with Crippen molar-refractivity contribution in [2.45, 2.75) is 12.8 Å². The number of hydrogen-bond donors (Lipinski definition) is 0. The van der Waals surface area contributed by atoms with E-state index in [9.17, 15) is 9.18 Å². The van der Waals surface area contributed by atoms with Gasteiger partial charge in [-0.15, -0.1) is 12.4 Å². The first-order valence-electron chi connectivity index (χ1n) is 10.7. The van der Waals surface area contributed by atoms with Gasteiger partial charge < -0.3 is 4.90 Å². The molecule has 0 atom stereocenters. The van der Waals surface area contributed by atoms with Gasteiger partial charge in [0.1, 0.15) is 11.3 Å². The minimum Gasteiger partial charge on any atom is -0.309 e. The van der Waals surface area contributed by atoms with Gasteiger partial charge in [-0.2, -0.15) is 0 Å². The summed E-state index contributed by atoms with van der Waals surface area (Å²) in [5.41, 5.74) is 3.30. The number of carbonyl (C=O) groups excluding carboxylic acids is 1. The minimum absolute atomic E-state index is 0. The van der Waals surface area contributed by atoms with Crippen molar-refractivity contribution in [3.8, 4) is 0 Å². The van der Waals surface area contributed by atoms with Crippen LogP contribution in [0.4, 0.5) is 9.52 Å². The lowest BCUT2D eigenvalue weighted by Crippen LogP contribution is -2.33. The summed E-state index contributed by atoms with van der Waals surface area (Å²) in [5, 5.41) is 0.530. The molecule has 0 saturated heterocycles. The van der Waals surface area contributed by atoms with Crippen LogP contribution in [0.1, 0.15) is 27.9 Å². The smallest absolute Gasteiger partial charge is 0.260 e. The molecule has 4 aromatic rings. The third kappa shape index (κ3) is 6.16. The van der Waals surface area contributed by atoms with Crippen molar-refractivity contribution in [2.75, 3.05) is 32.1 Å². The fraction of sp³-hybridized carbons (Fsp3) is 0.231. The van der Waals surface area contributed by atoms with Crippen LogP contribution < -0.4 is 4.90 Å². The number of amides is 1. The number of para-hydroxylation sites is 1. The summed E-state index contributed by atoms with van der Waals surface area (Å²) in [6.45, 7) is 1.36. The van der Waals surface area contributed by atoms with E-state index in [1.165, 1.54) is 23.0 Å². The molecule has 0 N–H and O–H groups in total. The summed E-state index contributed by atoms with van der Waals surface area (Å²) < 4.78 is 14.9. The Balaban J connectivity index is 0.00000306. The second-order valence-electron chi connectivity index (χ2n) is 8.06. The molecule has 4 rings (SSSR count). The van der Waals surface area contributed by atoms with Crippen LogP contribution in [0.15, 0.2) is 72.8 Å². The molecule has 0 unspecified atom stereocenters. The standard InChI is InChI=1S/C26H26FN3OS.ClH/c1-29(2)16-7-17-30(26-28-24-22(27)10-6-11-23(24)32-26)25(31)21-14-12-20(13-15-21)18-19-8-4-3-5-9-19;/h3-6,8-15H,7,16-18H2,1-2H3;1H. The molecule has 1 heterocycles. The predicted molar refractivity (Wildman–Crippen MR) is 137 cm³/mol. The topological polar surface area (TPSA) is 36.4 Å². The number of benzene rings is 3. The van der Waals surface area contributed by atoms with Crippen molar-refractivity contribution in [3.05, 3.63) is 95.3 Å². The lowest BCUT2D eigenvalue weighted by molar-refractivity contribution is 0.0986. The molecule has 0 spiro atoms. The molecule has 172 valence electrons. The maximum absolute atomic E-state index is 14.2. The van der Waals surface area contributed by atoms with E-state index in [0.717, 1.165) is 29.6 Å². The molecule has 0 aliphatic heterocycles. The van der Waals surface area contributed by atoms with Crippen LogP contribution in [0.3, 0.4) is 0 Å². The zero-order valence-electron chi connectivity index (χ0n) is 18.7. The van der Waals surface area contributed by atoms with Gasteiger partial charge in [0.15, 0.2) is 5.13 Å². The van der Waals surface area contributed by atoms with Crippen LogP contribution in [0, 0.1) is 5.82 Å². The second kappa shape index (κ2) is 11.4. The van der Waals surface area contributed by atoms with Crippen molar-refractivity contribution in [3.63, 3.8) is 0 Å². The van der Waals surface area contributed by atoms with Gasteiger partial charge in [-0.3, -0.25) is 9.69 Å². The largest absolute Gasteiger partial charge is 0.309 e. The maximum atomic E-state index is 14.2. The molecule has 0 bridgehead atoms. The lowest BCUT2D eigenvalue weighted by atomic mass is 10.0. The quantitative estimate of drug-likeness (QED) is 0.306. The molecule has 1 aromatic heterocycles. The molecule has 4 nitrogen and oxygen atoms in total. The van der Waals surface area contributed by atoms with Crippen molar-refractivity contribution in [1.82, 2.24) is 9.88 Å². The fourth-order valence-electron chi connectivity index (χ4n) is 3.60. The number of anilines is 1. The molecule has 0 aliphatic carbocycles. The predicted octanol–water partition coefficient (Wildman–Crippen LogP) is 6.05. The first-order chi connectivity index (χ1) is 15.5. The van der Waals surface area contributed by atoms with Crippen molar-refractivity contribution >= 4 is 45.0 Å². The van der Waals surface area contributed by atoms with Crippen LogP contribution in [0.2, 0.25) is 0 Å². The van der Waals surface area contributed by atoms with E-state index in [1.807, 2.05) is 62.6 Å². The number of nitrogens with zero attached hydrogens (tertiary/aromatic N) is 3. The van der Waals surface area contributed by atoms with Crippen LogP contribution in [-0.2, 0) is 6.42 Å². The van der Waals surface area contributed by atoms with Gasteiger partial charge in [-0.1, -0.05) is 59.9 Å². The highest BCUT2D eigenvalue weighted by Gasteiger charge is 2.22. The summed E-state index contributed by atoms with van der Waals surface area (Å²) >= 11 is 1.35. The Morgan fingerprint density at radius 2 is 1.61 bits per heavy atom. The Labute approximate surface area is 204 Å². The maximum Gasteiger partial charge on any atom is 0.260 e. The van der Waals surface area contributed by atoms with Crippen molar-refractivity contribution in [2.24, 2.45) is 0 Å². The second-order valence-corrected chi connectivity index (χ2v) is 9.07. The molecule has 7 heteroatoms. The SMILES string of the molecule is CN(C)CCCN(C(=O)c1ccc(Cc2ccccc2)cc1)c1nc2c(F)cccc2s1.Cl. The first kappa shape index (κ1) is 24.8. The summed E-state index contributed by atoms with van der Waals surface area (Å²) in [6, 6.07) is 22.9. The molecule has 0 saturated carbocycles. The van der Waals surface area contributed by atoms with E-state index >= 15 is 0 Å². The number of hydrogen-bond acceptors (Lipinski definition) is 4. The van der Waals surface area contributed by atoms with E-state index in [-0.39, 0.29) is 24.1 Å². The molecule has 1 amide bonds. The van der Waals surface area contributed by atoms with Crippen molar-refractivity contribution in [1.29, 1.82) is 0 Å². The third-order valence-corrected chi connectivity index (χ3v) is 6.32. The Morgan fingerprint density at radius 1 is 0.909 bits per heavy atom. The molecule has 33 heavy (non-hydrogen) atoms. The number of fused-ring (bicyclic) bond motifs is 1. The highest BCUT2D eigenvalue weighted by atomic mass is 35.5. The van der Waals surface area contributed by atoms with Gasteiger partial charge >= 0.3 is 0 Å². The molecule has 3 aromatic carbocycles. The summed E-state index contributed by atoms with van der Waals surface area (Å²) in [7, 11) is 4.01. The fourth-order valence-corrected chi connectivity index (χ4v) is 4.60. The van der Waals surface area contributed by atoms with Gasteiger partial charge in [-0.25, -0.2) is 9.37 Å². The highest BCUT2D eigenvalue weighted by molar-refractivity contribution is 7.22. The zero-order valence-corrected chi connectivity index (χ0v) is 20.3. The lowest BCUT2D eigenvalue weighted by Gasteiger charge is -2.21. The summed E-state index contributed by atoms with van der Waals surface area (Å²) in [4.78, 5) is 21.7. The monoisotopic (exact) mass is 483 g/mol. The Bertz CT molecular complexity index is 1200. The summed E-state index contributed by atoms with van der Waals surface area (Å²) in [5.74, 6) is -0.481. The average molecular weight is 484 g/mol. The number of carbonyl (C=O) groups is 1. The van der Waals surface area contributed by atoms with Crippen LogP contribution in [0.25, 0.3) is 10.2 Å². The van der Waals surface area contributed by atoms with E-state index in [4.69, 9.17) is 0 Å². The normalized spacial score (nSPS) is 10.9. The van der Waals surface area contributed by atoms with Crippen LogP contribution in [-0.4, -0.2) is 43.0 Å². The van der Waals surface area contributed by atoms with Gasteiger partial charge in [0.2, 0.25) is 0 Å². The van der Waals surface area contributed by atoms with E-state index < -0.39 is 0 Å². The first-order valence-corrected chi connectivity index (χ1v) is 11.5. The molecular weight excluding hydrogens is 457 g/mol. The van der Waals surface area contributed by atoms with E-state index in [2.05, 4.69) is 22.0 Å². The number of thiazole rings is 1. The zero-order chi connectivity index (χ0) is 22.5.